The summed E-state index contributed by atoms with van der Waals surface area (Å²) in [5, 5.41) is 3.17. The highest BCUT2D eigenvalue weighted by Crippen LogP contribution is 2.10. The van der Waals surface area contributed by atoms with Crippen molar-refractivity contribution in [1.82, 2.24) is 10.2 Å². The van der Waals surface area contributed by atoms with Crippen LogP contribution in [0.4, 0.5) is 0 Å². The summed E-state index contributed by atoms with van der Waals surface area (Å²) >= 11 is 0. The highest BCUT2D eigenvalue weighted by molar-refractivity contribution is 5.80. The van der Waals surface area contributed by atoms with Crippen molar-refractivity contribution in [3.63, 3.8) is 0 Å². The minimum absolute atomic E-state index is 0.259. The van der Waals surface area contributed by atoms with Crippen LogP contribution in [0.1, 0.15) is 19.8 Å². The van der Waals surface area contributed by atoms with Crippen molar-refractivity contribution in [3.8, 4) is 0 Å². The smallest absolute Gasteiger partial charge is 0.235 e. The van der Waals surface area contributed by atoms with Crippen LogP contribution in [0.2, 0.25) is 0 Å². The summed E-state index contributed by atoms with van der Waals surface area (Å²) in [7, 11) is 2.02. The first-order valence-corrected chi connectivity index (χ1v) is 5.95. The number of primary amides is 1. The van der Waals surface area contributed by atoms with Gasteiger partial charge in [0, 0.05) is 19.2 Å². The lowest BCUT2D eigenvalue weighted by Crippen LogP contribution is -2.50. The molecule has 2 atom stereocenters. The molecule has 1 saturated heterocycles. The van der Waals surface area contributed by atoms with E-state index in [0.29, 0.717) is 12.6 Å². The first-order valence-electron chi connectivity index (χ1n) is 5.95. The van der Waals surface area contributed by atoms with Crippen molar-refractivity contribution < 1.29 is 9.53 Å². The van der Waals surface area contributed by atoms with Crippen molar-refractivity contribution in [1.29, 1.82) is 0 Å². The van der Waals surface area contributed by atoms with Gasteiger partial charge in [0.2, 0.25) is 5.91 Å². The molecule has 5 heteroatoms. The summed E-state index contributed by atoms with van der Waals surface area (Å²) in [6.07, 6.45) is 2.04. The second-order valence-electron chi connectivity index (χ2n) is 4.37. The molecule has 1 aliphatic heterocycles. The van der Waals surface area contributed by atoms with Crippen LogP contribution in [0.5, 0.6) is 0 Å². The summed E-state index contributed by atoms with van der Waals surface area (Å²) in [5.41, 5.74) is 5.37. The van der Waals surface area contributed by atoms with E-state index in [-0.39, 0.29) is 11.9 Å². The minimum atomic E-state index is -0.279. The number of amides is 1. The number of nitrogens with one attached hydrogen (secondary N) is 1. The van der Waals surface area contributed by atoms with Crippen LogP contribution in [0, 0.1) is 0 Å². The zero-order valence-corrected chi connectivity index (χ0v) is 10.2. The Bertz CT molecular complexity index is 217. The third-order valence-corrected chi connectivity index (χ3v) is 2.98. The standard InChI is InChI=1S/C11H23N3O2/c1-3-5-13-10(11(12)15)7-14(2)9-4-6-16-8-9/h9-10,13H,3-8H2,1-2H3,(H2,12,15). The van der Waals surface area contributed by atoms with Gasteiger partial charge < -0.3 is 15.8 Å². The Hall–Kier alpha value is -0.650. The molecule has 1 aliphatic rings. The van der Waals surface area contributed by atoms with Crippen LogP contribution in [-0.4, -0.2) is 56.2 Å². The molecule has 0 aliphatic carbocycles. The number of likely N-dealkylation sites (N-methyl/N-ethyl adjacent to an activating group) is 1. The Balaban J connectivity index is 2.37. The van der Waals surface area contributed by atoms with E-state index >= 15 is 0 Å². The predicted molar refractivity (Wildman–Crippen MR) is 63.1 cm³/mol. The molecule has 5 nitrogen and oxygen atoms in total. The summed E-state index contributed by atoms with van der Waals surface area (Å²) in [4.78, 5) is 13.4. The van der Waals surface area contributed by atoms with E-state index in [9.17, 15) is 4.79 Å². The number of rotatable bonds is 7. The van der Waals surface area contributed by atoms with Gasteiger partial charge in [-0.3, -0.25) is 9.69 Å². The second kappa shape index (κ2) is 6.83. The molecule has 0 aromatic rings. The molecule has 16 heavy (non-hydrogen) atoms. The van der Waals surface area contributed by atoms with Gasteiger partial charge in [0.25, 0.3) is 0 Å². The van der Waals surface area contributed by atoms with Crippen molar-refractivity contribution in [3.05, 3.63) is 0 Å². The Kier molecular flexibility index (Phi) is 5.73. The first kappa shape index (κ1) is 13.4. The molecule has 1 fully saturated rings. The Labute approximate surface area is 97.3 Å². The van der Waals surface area contributed by atoms with Gasteiger partial charge in [-0.05, 0) is 26.4 Å². The Morgan fingerprint density at radius 2 is 2.44 bits per heavy atom. The lowest BCUT2D eigenvalue weighted by Gasteiger charge is -2.27. The third kappa shape index (κ3) is 4.08. The maximum absolute atomic E-state index is 11.3. The number of hydrogen-bond acceptors (Lipinski definition) is 4. The topological polar surface area (TPSA) is 67.6 Å². The first-order chi connectivity index (χ1) is 7.65. The van der Waals surface area contributed by atoms with Crippen molar-refractivity contribution in [2.45, 2.75) is 31.8 Å². The largest absolute Gasteiger partial charge is 0.380 e. The van der Waals surface area contributed by atoms with E-state index in [4.69, 9.17) is 10.5 Å². The van der Waals surface area contributed by atoms with Crippen LogP contribution in [0.15, 0.2) is 0 Å². The van der Waals surface area contributed by atoms with Gasteiger partial charge in [-0.25, -0.2) is 0 Å². The van der Waals surface area contributed by atoms with Gasteiger partial charge >= 0.3 is 0 Å². The molecule has 1 amide bonds. The fourth-order valence-corrected chi connectivity index (χ4v) is 1.88. The minimum Gasteiger partial charge on any atom is -0.380 e. The number of nitrogens with zero attached hydrogens (tertiary/aromatic N) is 1. The van der Waals surface area contributed by atoms with E-state index in [2.05, 4.69) is 17.1 Å². The van der Waals surface area contributed by atoms with E-state index in [0.717, 1.165) is 32.6 Å². The van der Waals surface area contributed by atoms with Gasteiger partial charge in [-0.2, -0.15) is 0 Å². The molecule has 1 heterocycles. The number of ether oxygens (including phenoxy) is 1. The summed E-state index contributed by atoms with van der Waals surface area (Å²) in [5.74, 6) is -0.279. The number of nitrogens with two attached hydrogens (primary N) is 1. The summed E-state index contributed by atoms with van der Waals surface area (Å²) in [6.45, 7) is 5.12. The van der Waals surface area contributed by atoms with E-state index < -0.39 is 0 Å². The molecular formula is C11H23N3O2. The van der Waals surface area contributed by atoms with Gasteiger partial charge in [0.05, 0.1) is 12.6 Å². The molecule has 1 rings (SSSR count). The van der Waals surface area contributed by atoms with Crippen LogP contribution < -0.4 is 11.1 Å². The molecule has 0 spiro atoms. The van der Waals surface area contributed by atoms with Crippen LogP contribution in [-0.2, 0) is 9.53 Å². The SMILES string of the molecule is CCCNC(CN(C)C1CCOC1)C(N)=O. The van der Waals surface area contributed by atoms with E-state index in [1.807, 2.05) is 7.05 Å². The molecule has 0 aromatic heterocycles. The molecule has 0 saturated carbocycles. The zero-order valence-electron chi connectivity index (χ0n) is 10.2. The average Bonchev–Trinajstić information content (AvgIpc) is 2.76. The maximum Gasteiger partial charge on any atom is 0.235 e. The number of carbonyl (C=O) groups is 1. The predicted octanol–water partition coefficient (Wildman–Crippen LogP) is -0.439. The van der Waals surface area contributed by atoms with Gasteiger partial charge in [-0.15, -0.1) is 0 Å². The average molecular weight is 229 g/mol. The summed E-state index contributed by atoms with van der Waals surface area (Å²) in [6, 6.07) is 0.163. The molecule has 3 N–H and O–H groups in total. The highest BCUT2D eigenvalue weighted by atomic mass is 16.5. The molecule has 0 radical (unpaired) electrons. The van der Waals surface area contributed by atoms with Crippen LogP contribution in [0.3, 0.4) is 0 Å². The van der Waals surface area contributed by atoms with Gasteiger partial charge in [0.1, 0.15) is 0 Å². The zero-order chi connectivity index (χ0) is 12.0. The quantitative estimate of drug-likeness (QED) is 0.621. The molecule has 2 unspecified atom stereocenters. The number of hydrogen-bond donors (Lipinski definition) is 2. The van der Waals surface area contributed by atoms with E-state index in [1.165, 1.54) is 0 Å². The molecule has 0 bridgehead atoms. The van der Waals surface area contributed by atoms with Crippen molar-refractivity contribution in [2.24, 2.45) is 5.73 Å². The Morgan fingerprint density at radius 1 is 1.69 bits per heavy atom. The third-order valence-electron chi connectivity index (χ3n) is 2.98. The van der Waals surface area contributed by atoms with E-state index in [1.54, 1.807) is 0 Å². The van der Waals surface area contributed by atoms with Crippen molar-refractivity contribution in [2.75, 3.05) is 33.4 Å². The van der Waals surface area contributed by atoms with Gasteiger partial charge in [0.15, 0.2) is 0 Å². The monoisotopic (exact) mass is 229 g/mol. The second-order valence-corrected chi connectivity index (χ2v) is 4.37. The normalized spacial score (nSPS) is 22.6. The molecular weight excluding hydrogens is 206 g/mol. The van der Waals surface area contributed by atoms with Crippen molar-refractivity contribution >= 4 is 5.91 Å². The molecule has 94 valence electrons. The van der Waals surface area contributed by atoms with Crippen LogP contribution >= 0.6 is 0 Å². The summed E-state index contributed by atoms with van der Waals surface area (Å²) < 4.78 is 5.32. The lowest BCUT2D eigenvalue weighted by molar-refractivity contribution is -0.120. The maximum atomic E-state index is 11.3. The molecule has 0 aromatic carbocycles. The highest BCUT2D eigenvalue weighted by Gasteiger charge is 2.24. The number of carbonyl (C=O) groups excluding carboxylic acids is 1. The fourth-order valence-electron chi connectivity index (χ4n) is 1.88. The lowest BCUT2D eigenvalue weighted by atomic mass is 10.2. The van der Waals surface area contributed by atoms with Gasteiger partial charge in [-0.1, -0.05) is 6.92 Å². The Morgan fingerprint density at radius 3 is 2.94 bits per heavy atom. The fraction of sp³-hybridized carbons (Fsp3) is 0.909. The van der Waals surface area contributed by atoms with Crippen LogP contribution in [0.25, 0.3) is 0 Å².